The molecule has 1 aromatic heterocycles. The van der Waals surface area contributed by atoms with Crippen molar-refractivity contribution in [1.82, 2.24) is 9.88 Å². The van der Waals surface area contributed by atoms with Crippen molar-refractivity contribution in [1.29, 1.82) is 0 Å². The predicted octanol–water partition coefficient (Wildman–Crippen LogP) is 2.58. The maximum Gasteiger partial charge on any atom is 0.227 e. The fourth-order valence-corrected chi connectivity index (χ4v) is 2.60. The molecule has 1 amide bonds. The third-order valence-corrected chi connectivity index (χ3v) is 3.81. The molecule has 1 aliphatic rings. The highest BCUT2D eigenvalue weighted by molar-refractivity contribution is 5.79. The average molecular weight is 318 g/mol. The van der Waals surface area contributed by atoms with Gasteiger partial charge in [0.15, 0.2) is 0 Å². The maximum absolute atomic E-state index is 13.6. The van der Waals surface area contributed by atoms with Crippen molar-refractivity contribution in [2.24, 2.45) is 0 Å². The van der Waals surface area contributed by atoms with Crippen LogP contribution >= 0.6 is 0 Å². The van der Waals surface area contributed by atoms with Crippen LogP contribution in [0.3, 0.4) is 0 Å². The number of nitrogens with zero attached hydrogens (tertiary/aromatic N) is 2. The highest BCUT2D eigenvalue weighted by Crippen LogP contribution is 2.19. The Kier molecular flexibility index (Phi) is 4.50. The molecule has 0 spiro atoms. The van der Waals surface area contributed by atoms with Crippen LogP contribution < -0.4 is 4.74 Å². The number of pyridine rings is 1. The SMILES string of the molecule is O=C(Cc1ccc(F)cc1F)N1CCC(Oc2ccncc2)C1. The first-order chi connectivity index (χ1) is 11.1. The van der Waals surface area contributed by atoms with Crippen LogP contribution in [0.15, 0.2) is 42.7 Å². The molecule has 2 heterocycles. The quantitative estimate of drug-likeness (QED) is 0.870. The lowest BCUT2D eigenvalue weighted by molar-refractivity contribution is -0.129. The van der Waals surface area contributed by atoms with Gasteiger partial charge in [-0.25, -0.2) is 8.78 Å². The highest BCUT2D eigenvalue weighted by Gasteiger charge is 2.28. The second kappa shape index (κ2) is 6.73. The number of aromatic nitrogens is 1. The lowest BCUT2D eigenvalue weighted by Gasteiger charge is -2.17. The molecule has 6 heteroatoms. The standard InChI is InChI=1S/C17H16F2N2O2/c18-13-2-1-12(16(19)10-13)9-17(22)21-8-5-15(11-21)23-14-3-6-20-7-4-14/h1-4,6-7,10,15H,5,8-9,11H2. The molecule has 120 valence electrons. The molecule has 23 heavy (non-hydrogen) atoms. The number of hydrogen-bond donors (Lipinski definition) is 0. The van der Waals surface area contributed by atoms with E-state index in [1.54, 1.807) is 29.4 Å². The normalized spacial score (nSPS) is 17.3. The summed E-state index contributed by atoms with van der Waals surface area (Å²) in [6.45, 7) is 1.03. The van der Waals surface area contributed by atoms with Crippen molar-refractivity contribution in [3.05, 3.63) is 59.9 Å². The summed E-state index contributed by atoms with van der Waals surface area (Å²) in [4.78, 5) is 17.8. The number of carbonyl (C=O) groups excluding carboxylic acids is 1. The third kappa shape index (κ3) is 3.83. The molecule has 1 unspecified atom stereocenters. The molecular weight excluding hydrogens is 302 g/mol. The van der Waals surface area contributed by atoms with E-state index in [-0.39, 0.29) is 24.0 Å². The maximum atomic E-state index is 13.6. The predicted molar refractivity (Wildman–Crippen MR) is 79.9 cm³/mol. The van der Waals surface area contributed by atoms with Crippen LogP contribution in [-0.2, 0) is 11.2 Å². The van der Waals surface area contributed by atoms with E-state index in [0.717, 1.165) is 18.6 Å². The van der Waals surface area contributed by atoms with Gasteiger partial charge in [-0.2, -0.15) is 0 Å². The molecule has 0 saturated carbocycles. The molecule has 0 aliphatic carbocycles. The number of benzene rings is 1. The van der Waals surface area contributed by atoms with Gasteiger partial charge in [0, 0.05) is 31.4 Å². The van der Waals surface area contributed by atoms with E-state index in [1.807, 2.05) is 0 Å². The van der Waals surface area contributed by atoms with Crippen LogP contribution in [0, 0.1) is 11.6 Å². The van der Waals surface area contributed by atoms with E-state index in [0.29, 0.717) is 18.8 Å². The highest BCUT2D eigenvalue weighted by atomic mass is 19.1. The van der Waals surface area contributed by atoms with Crippen molar-refractivity contribution in [3.8, 4) is 5.75 Å². The molecule has 2 aromatic rings. The van der Waals surface area contributed by atoms with Crippen LogP contribution in [-0.4, -0.2) is 35.0 Å². The minimum absolute atomic E-state index is 0.0753. The lowest BCUT2D eigenvalue weighted by atomic mass is 10.1. The minimum Gasteiger partial charge on any atom is -0.488 e. The van der Waals surface area contributed by atoms with Crippen molar-refractivity contribution in [3.63, 3.8) is 0 Å². The summed E-state index contributed by atoms with van der Waals surface area (Å²) in [6, 6.07) is 6.79. The molecule has 1 aromatic carbocycles. The fourth-order valence-electron chi connectivity index (χ4n) is 2.60. The van der Waals surface area contributed by atoms with Gasteiger partial charge in [-0.1, -0.05) is 6.07 Å². The Morgan fingerprint density at radius 1 is 1.26 bits per heavy atom. The van der Waals surface area contributed by atoms with Gasteiger partial charge in [-0.15, -0.1) is 0 Å². The zero-order valence-corrected chi connectivity index (χ0v) is 12.4. The van der Waals surface area contributed by atoms with E-state index in [9.17, 15) is 13.6 Å². The third-order valence-electron chi connectivity index (χ3n) is 3.81. The first-order valence-electron chi connectivity index (χ1n) is 7.40. The Morgan fingerprint density at radius 2 is 2.04 bits per heavy atom. The van der Waals surface area contributed by atoms with Gasteiger partial charge in [0.1, 0.15) is 23.5 Å². The first-order valence-corrected chi connectivity index (χ1v) is 7.40. The van der Waals surface area contributed by atoms with E-state index >= 15 is 0 Å². The molecule has 1 atom stereocenters. The Morgan fingerprint density at radius 3 is 2.78 bits per heavy atom. The lowest BCUT2D eigenvalue weighted by Crippen LogP contribution is -2.32. The summed E-state index contributed by atoms with van der Waals surface area (Å²) in [5, 5.41) is 0. The van der Waals surface area contributed by atoms with Crippen LogP contribution in [0.4, 0.5) is 8.78 Å². The van der Waals surface area contributed by atoms with Gasteiger partial charge < -0.3 is 9.64 Å². The second-order valence-corrected chi connectivity index (χ2v) is 5.46. The number of likely N-dealkylation sites (tertiary alicyclic amines) is 1. The van der Waals surface area contributed by atoms with Gasteiger partial charge in [-0.3, -0.25) is 9.78 Å². The van der Waals surface area contributed by atoms with E-state index in [4.69, 9.17) is 4.74 Å². The summed E-state index contributed by atoms with van der Waals surface area (Å²) in [5.74, 6) is -0.812. The first kappa shape index (κ1) is 15.4. The molecule has 3 rings (SSSR count). The summed E-state index contributed by atoms with van der Waals surface area (Å²) in [6.07, 6.45) is 3.85. The van der Waals surface area contributed by atoms with Crippen LogP contribution in [0.2, 0.25) is 0 Å². The number of halogens is 2. The molecule has 1 aliphatic heterocycles. The van der Waals surface area contributed by atoms with Crippen molar-refractivity contribution < 1.29 is 18.3 Å². The molecule has 1 saturated heterocycles. The average Bonchev–Trinajstić information content (AvgIpc) is 3.00. The van der Waals surface area contributed by atoms with Crippen molar-refractivity contribution >= 4 is 5.91 Å². The molecule has 0 N–H and O–H groups in total. The Balaban J connectivity index is 1.57. The minimum atomic E-state index is -0.692. The summed E-state index contributed by atoms with van der Waals surface area (Å²) in [5.41, 5.74) is 0.204. The zero-order chi connectivity index (χ0) is 16.2. The van der Waals surface area contributed by atoms with Gasteiger partial charge in [0.25, 0.3) is 0 Å². The van der Waals surface area contributed by atoms with Crippen LogP contribution in [0.1, 0.15) is 12.0 Å². The monoisotopic (exact) mass is 318 g/mol. The molecular formula is C17H16F2N2O2. The number of hydrogen-bond acceptors (Lipinski definition) is 3. The van der Waals surface area contributed by atoms with Crippen LogP contribution in [0.5, 0.6) is 5.75 Å². The number of amides is 1. The van der Waals surface area contributed by atoms with Gasteiger partial charge in [-0.05, 0) is 23.8 Å². The van der Waals surface area contributed by atoms with Gasteiger partial charge >= 0.3 is 0 Å². The molecule has 4 nitrogen and oxygen atoms in total. The summed E-state index contributed by atoms with van der Waals surface area (Å²) >= 11 is 0. The molecule has 0 radical (unpaired) electrons. The van der Waals surface area contributed by atoms with Gasteiger partial charge in [0.2, 0.25) is 5.91 Å². The van der Waals surface area contributed by atoms with E-state index in [1.165, 1.54) is 6.07 Å². The number of ether oxygens (including phenoxy) is 1. The number of rotatable bonds is 4. The largest absolute Gasteiger partial charge is 0.488 e. The van der Waals surface area contributed by atoms with Crippen molar-refractivity contribution in [2.45, 2.75) is 18.9 Å². The van der Waals surface area contributed by atoms with E-state index in [2.05, 4.69) is 4.98 Å². The smallest absolute Gasteiger partial charge is 0.227 e. The zero-order valence-electron chi connectivity index (χ0n) is 12.4. The second-order valence-electron chi connectivity index (χ2n) is 5.46. The Bertz CT molecular complexity index is 694. The Labute approximate surface area is 132 Å². The molecule has 1 fully saturated rings. The summed E-state index contributed by atoms with van der Waals surface area (Å²) in [7, 11) is 0. The Hall–Kier alpha value is -2.50. The van der Waals surface area contributed by atoms with Crippen LogP contribution in [0.25, 0.3) is 0 Å². The van der Waals surface area contributed by atoms with E-state index < -0.39 is 11.6 Å². The molecule has 0 bridgehead atoms. The topological polar surface area (TPSA) is 42.4 Å². The van der Waals surface area contributed by atoms with Crippen molar-refractivity contribution in [2.75, 3.05) is 13.1 Å². The van der Waals surface area contributed by atoms with Gasteiger partial charge in [0.05, 0.1) is 13.0 Å². The fraction of sp³-hybridized carbons (Fsp3) is 0.294. The summed E-state index contributed by atoms with van der Waals surface area (Å²) < 4.78 is 32.3. The number of carbonyl (C=O) groups is 1.